The van der Waals surface area contributed by atoms with Crippen molar-refractivity contribution in [3.05, 3.63) is 59.9 Å². The van der Waals surface area contributed by atoms with Crippen LogP contribution < -0.4 is 5.32 Å². The van der Waals surface area contributed by atoms with E-state index >= 15 is 0 Å². The molecule has 18 heavy (non-hydrogen) atoms. The van der Waals surface area contributed by atoms with Gasteiger partial charge < -0.3 is 10.3 Å². The molecule has 0 saturated carbocycles. The van der Waals surface area contributed by atoms with Crippen molar-refractivity contribution >= 4 is 16.7 Å². The molecule has 0 atom stereocenters. The number of aryl methyl sites for hydroxylation is 1. The number of nitrogens with one attached hydrogen (secondary N) is 2. The highest BCUT2D eigenvalue weighted by Crippen LogP contribution is 2.21. The summed E-state index contributed by atoms with van der Waals surface area (Å²) in [6, 6.07) is 16.5. The number of anilines is 1. The predicted molar refractivity (Wildman–Crippen MR) is 74.6 cm³/mol. The summed E-state index contributed by atoms with van der Waals surface area (Å²) >= 11 is 0. The third-order valence-corrected chi connectivity index (χ3v) is 2.96. The van der Waals surface area contributed by atoms with Gasteiger partial charge >= 0.3 is 0 Å². The van der Waals surface area contributed by atoms with E-state index < -0.39 is 0 Å². The van der Waals surface area contributed by atoms with Crippen molar-refractivity contribution in [1.82, 2.24) is 9.97 Å². The van der Waals surface area contributed by atoms with E-state index in [1.807, 2.05) is 25.1 Å². The molecule has 2 aromatic carbocycles. The monoisotopic (exact) mass is 237 g/mol. The lowest BCUT2D eigenvalue weighted by molar-refractivity contribution is 1.14. The van der Waals surface area contributed by atoms with Gasteiger partial charge in [0, 0.05) is 6.54 Å². The van der Waals surface area contributed by atoms with E-state index in [9.17, 15) is 0 Å². The van der Waals surface area contributed by atoms with Gasteiger partial charge in [0.15, 0.2) is 0 Å². The zero-order chi connectivity index (χ0) is 12.4. The van der Waals surface area contributed by atoms with Crippen LogP contribution in [0.5, 0.6) is 0 Å². The molecular formula is C15H15N3. The Morgan fingerprint density at radius 2 is 1.89 bits per heavy atom. The molecule has 3 rings (SSSR count). The number of aromatic amines is 1. The Morgan fingerprint density at radius 1 is 1.06 bits per heavy atom. The second-order valence-electron chi connectivity index (χ2n) is 4.36. The predicted octanol–water partition coefficient (Wildman–Crippen LogP) is 3.48. The normalized spacial score (nSPS) is 10.7. The van der Waals surface area contributed by atoms with Crippen LogP contribution in [0.4, 0.5) is 5.69 Å². The molecular weight excluding hydrogens is 222 g/mol. The number of imidazole rings is 1. The first-order valence-corrected chi connectivity index (χ1v) is 6.06. The molecule has 0 bridgehead atoms. The van der Waals surface area contributed by atoms with Crippen LogP contribution in [0.2, 0.25) is 0 Å². The molecule has 0 radical (unpaired) electrons. The van der Waals surface area contributed by atoms with E-state index in [1.165, 1.54) is 5.56 Å². The molecule has 0 amide bonds. The molecule has 0 spiro atoms. The van der Waals surface area contributed by atoms with Crippen LogP contribution in [0.15, 0.2) is 48.5 Å². The molecule has 0 aliphatic heterocycles. The summed E-state index contributed by atoms with van der Waals surface area (Å²) in [6.45, 7) is 2.78. The summed E-state index contributed by atoms with van der Waals surface area (Å²) in [5, 5.41) is 3.43. The minimum atomic E-state index is 0.811. The zero-order valence-corrected chi connectivity index (χ0v) is 10.3. The first-order chi connectivity index (χ1) is 8.83. The number of para-hydroxylation sites is 1. The summed E-state index contributed by atoms with van der Waals surface area (Å²) in [4.78, 5) is 7.75. The van der Waals surface area contributed by atoms with Crippen molar-refractivity contribution in [2.24, 2.45) is 0 Å². The second-order valence-corrected chi connectivity index (χ2v) is 4.36. The molecule has 3 heteroatoms. The fourth-order valence-electron chi connectivity index (χ4n) is 2.09. The number of hydrogen-bond acceptors (Lipinski definition) is 2. The van der Waals surface area contributed by atoms with E-state index in [-0.39, 0.29) is 0 Å². The number of aromatic nitrogens is 2. The maximum Gasteiger partial charge on any atom is 0.112 e. The first-order valence-electron chi connectivity index (χ1n) is 6.06. The molecule has 0 saturated heterocycles. The van der Waals surface area contributed by atoms with Crippen LogP contribution in [0.1, 0.15) is 11.4 Å². The van der Waals surface area contributed by atoms with E-state index in [0.717, 1.165) is 29.1 Å². The van der Waals surface area contributed by atoms with Gasteiger partial charge in [-0.2, -0.15) is 0 Å². The highest BCUT2D eigenvalue weighted by atomic mass is 15.0. The average molecular weight is 237 g/mol. The number of benzene rings is 2. The molecule has 3 nitrogen and oxygen atoms in total. The summed E-state index contributed by atoms with van der Waals surface area (Å²) in [5.41, 5.74) is 4.42. The Balaban J connectivity index is 1.86. The number of fused-ring (bicyclic) bond motifs is 1. The van der Waals surface area contributed by atoms with Gasteiger partial charge in [-0.3, -0.25) is 0 Å². The Hall–Kier alpha value is -2.29. The van der Waals surface area contributed by atoms with E-state index in [4.69, 9.17) is 0 Å². The second kappa shape index (κ2) is 4.53. The van der Waals surface area contributed by atoms with Crippen molar-refractivity contribution in [3.63, 3.8) is 0 Å². The summed E-state index contributed by atoms with van der Waals surface area (Å²) in [7, 11) is 0. The lowest BCUT2D eigenvalue weighted by Crippen LogP contribution is -1.99. The van der Waals surface area contributed by atoms with Crippen LogP contribution in [0.25, 0.3) is 11.0 Å². The molecule has 2 N–H and O–H groups in total. The third-order valence-electron chi connectivity index (χ3n) is 2.96. The van der Waals surface area contributed by atoms with E-state index in [0.29, 0.717) is 0 Å². The number of nitrogens with zero attached hydrogens (tertiary/aromatic N) is 1. The lowest BCUT2D eigenvalue weighted by Gasteiger charge is -2.06. The zero-order valence-electron chi connectivity index (χ0n) is 10.3. The van der Waals surface area contributed by atoms with Crippen molar-refractivity contribution in [2.75, 3.05) is 5.32 Å². The summed E-state index contributed by atoms with van der Waals surface area (Å²) in [6.07, 6.45) is 0. The maximum atomic E-state index is 4.51. The Bertz CT molecular complexity index is 656. The van der Waals surface area contributed by atoms with Crippen molar-refractivity contribution in [1.29, 1.82) is 0 Å². The van der Waals surface area contributed by atoms with Crippen molar-refractivity contribution < 1.29 is 0 Å². The average Bonchev–Trinajstić information content (AvgIpc) is 2.78. The number of hydrogen-bond donors (Lipinski definition) is 2. The molecule has 1 heterocycles. The van der Waals surface area contributed by atoms with Gasteiger partial charge in [0.1, 0.15) is 11.3 Å². The van der Waals surface area contributed by atoms with Gasteiger partial charge in [-0.15, -0.1) is 0 Å². The fraction of sp³-hybridized carbons (Fsp3) is 0.133. The SMILES string of the molecule is Cc1nc2c(NCc3ccccc3)cccc2[nH]1. The van der Waals surface area contributed by atoms with Crippen molar-refractivity contribution in [3.8, 4) is 0 Å². The largest absolute Gasteiger partial charge is 0.379 e. The van der Waals surface area contributed by atoms with Crippen molar-refractivity contribution in [2.45, 2.75) is 13.5 Å². The van der Waals surface area contributed by atoms with Crippen LogP contribution in [-0.4, -0.2) is 9.97 Å². The quantitative estimate of drug-likeness (QED) is 0.732. The van der Waals surface area contributed by atoms with Crippen LogP contribution >= 0.6 is 0 Å². The third kappa shape index (κ3) is 2.07. The highest BCUT2D eigenvalue weighted by molar-refractivity contribution is 5.88. The fourth-order valence-corrected chi connectivity index (χ4v) is 2.09. The maximum absolute atomic E-state index is 4.51. The Kier molecular flexibility index (Phi) is 2.73. The summed E-state index contributed by atoms with van der Waals surface area (Å²) < 4.78 is 0. The molecule has 1 aromatic heterocycles. The minimum absolute atomic E-state index is 0.811. The number of H-pyrrole nitrogens is 1. The highest BCUT2D eigenvalue weighted by Gasteiger charge is 2.04. The van der Waals surface area contributed by atoms with E-state index in [2.05, 4.69) is 45.6 Å². The molecule has 0 aliphatic carbocycles. The molecule has 0 aliphatic rings. The first kappa shape index (κ1) is 10.8. The molecule has 90 valence electrons. The summed E-state index contributed by atoms with van der Waals surface area (Å²) in [5.74, 6) is 0.943. The van der Waals surface area contributed by atoms with Gasteiger partial charge in [0.25, 0.3) is 0 Å². The van der Waals surface area contributed by atoms with Gasteiger partial charge in [-0.05, 0) is 24.6 Å². The van der Waals surface area contributed by atoms with Gasteiger partial charge in [0.05, 0.1) is 11.2 Å². The van der Waals surface area contributed by atoms with Crippen LogP contribution in [0.3, 0.4) is 0 Å². The van der Waals surface area contributed by atoms with Crippen LogP contribution in [0, 0.1) is 6.92 Å². The standard InChI is InChI=1S/C15H15N3/c1-11-17-14-9-5-8-13(15(14)18-11)16-10-12-6-3-2-4-7-12/h2-9,16H,10H2,1H3,(H,17,18). The Morgan fingerprint density at radius 3 is 2.72 bits per heavy atom. The van der Waals surface area contributed by atoms with Gasteiger partial charge in [-0.1, -0.05) is 36.4 Å². The van der Waals surface area contributed by atoms with Crippen LogP contribution in [-0.2, 0) is 6.54 Å². The number of rotatable bonds is 3. The van der Waals surface area contributed by atoms with Gasteiger partial charge in [0.2, 0.25) is 0 Å². The topological polar surface area (TPSA) is 40.7 Å². The lowest BCUT2D eigenvalue weighted by atomic mass is 10.2. The Labute approximate surface area is 106 Å². The molecule has 0 unspecified atom stereocenters. The van der Waals surface area contributed by atoms with Gasteiger partial charge in [-0.25, -0.2) is 4.98 Å². The minimum Gasteiger partial charge on any atom is -0.379 e. The van der Waals surface area contributed by atoms with E-state index in [1.54, 1.807) is 0 Å². The smallest absolute Gasteiger partial charge is 0.112 e. The molecule has 0 fully saturated rings. The molecule has 3 aromatic rings.